The smallest absolute Gasteiger partial charge is 0.213 e. The summed E-state index contributed by atoms with van der Waals surface area (Å²) in [6, 6.07) is 8.21. The molecular formula is C21H28O11. The van der Waals surface area contributed by atoms with Crippen LogP contribution in [0.3, 0.4) is 0 Å². The van der Waals surface area contributed by atoms with Gasteiger partial charge in [-0.15, -0.1) is 6.42 Å². The molecule has 11 nitrogen and oxygen atoms in total. The number of hydrogen-bond donors (Lipinski definition) is 8. The normalized spacial score (nSPS) is 43.4. The molecule has 1 aromatic carbocycles. The maximum atomic E-state index is 11.1. The van der Waals surface area contributed by atoms with Crippen LogP contribution in [-0.4, -0.2) is 115 Å². The SMILES string of the molecule is C#CC(c1ccccc1)[C@@]1(O)O[C@H](CO[C@@H]2O[C@H](CO)[C@@H](O)[C@H](O)[C@H]2O)[C@@H](O)[C@H](O)[C@H]1O. The van der Waals surface area contributed by atoms with E-state index in [0.29, 0.717) is 5.56 Å². The van der Waals surface area contributed by atoms with Crippen molar-refractivity contribution in [3.63, 3.8) is 0 Å². The van der Waals surface area contributed by atoms with Gasteiger partial charge in [0, 0.05) is 0 Å². The van der Waals surface area contributed by atoms with Gasteiger partial charge in [-0.2, -0.15) is 0 Å². The van der Waals surface area contributed by atoms with Crippen molar-refractivity contribution < 1.29 is 55.1 Å². The summed E-state index contributed by atoms with van der Waals surface area (Å²) in [4.78, 5) is 0. The van der Waals surface area contributed by atoms with Crippen LogP contribution in [0.2, 0.25) is 0 Å². The van der Waals surface area contributed by atoms with Crippen molar-refractivity contribution in [2.24, 2.45) is 0 Å². The molecule has 2 fully saturated rings. The summed E-state index contributed by atoms with van der Waals surface area (Å²) in [5.41, 5.74) is 0.411. The van der Waals surface area contributed by atoms with Gasteiger partial charge in [0.05, 0.1) is 13.2 Å². The Hall–Kier alpha value is -1.66. The molecule has 2 aliphatic rings. The number of ether oxygens (including phenoxy) is 3. The van der Waals surface area contributed by atoms with E-state index in [0.717, 1.165) is 0 Å². The topological polar surface area (TPSA) is 190 Å². The molecule has 2 saturated heterocycles. The van der Waals surface area contributed by atoms with Gasteiger partial charge >= 0.3 is 0 Å². The molecule has 0 spiro atoms. The van der Waals surface area contributed by atoms with Crippen LogP contribution < -0.4 is 0 Å². The average Bonchev–Trinajstić information content (AvgIpc) is 2.80. The third-order valence-electron chi connectivity index (χ3n) is 5.80. The fourth-order valence-corrected chi connectivity index (χ4v) is 3.90. The van der Waals surface area contributed by atoms with E-state index in [-0.39, 0.29) is 0 Å². The molecule has 0 aliphatic carbocycles. The van der Waals surface area contributed by atoms with Crippen LogP contribution in [-0.2, 0) is 14.2 Å². The Morgan fingerprint density at radius 3 is 2.16 bits per heavy atom. The fraction of sp³-hybridized carbons (Fsp3) is 0.619. The third kappa shape index (κ3) is 4.54. The minimum atomic E-state index is -2.50. The van der Waals surface area contributed by atoms with E-state index in [9.17, 15) is 40.9 Å². The summed E-state index contributed by atoms with van der Waals surface area (Å²) in [5, 5.41) is 81.3. The lowest BCUT2D eigenvalue weighted by atomic mass is 9.81. The first kappa shape index (κ1) is 25.0. The van der Waals surface area contributed by atoms with Crippen molar-refractivity contribution in [2.45, 2.75) is 66.8 Å². The summed E-state index contributed by atoms with van der Waals surface area (Å²) in [5.74, 6) is -1.40. The summed E-state index contributed by atoms with van der Waals surface area (Å²) < 4.78 is 16.1. The number of aliphatic hydroxyl groups excluding tert-OH is 7. The Morgan fingerprint density at radius 2 is 1.56 bits per heavy atom. The second-order valence-corrected chi connectivity index (χ2v) is 7.88. The molecule has 0 aromatic heterocycles. The Labute approximate surface area is 184 Å². The van der Waals surface area contributed by atoms with E-state index < -0.39 is 80.0 Å². The van der Waals surface area contributed by atoms with Crippen LogP contribution in [0.4, 0.5) is 0 Å². The number of aliphatic hydroxyl groups is 8. The molecule has 8 N–H and O–H groups in total. The van der Waals surface area contributed by atoms with Gasteiger partial charge < -0.3 is 55.1 Å². The molecule has 0 saturated carbocycles. The van der Waals surface area contributed by atoms with Gasteiger partial charge in [0.1, 0.15) is 54.7 Å². The van der Waals surface area contributed by atoms with Gasteiger partial charge in [-0.1, -0.05) is 36.3 Å². The Morgan fingerprint density at radius 1 is 0.938 bits per heavy atom. The first-order chi connectivity index (χ1) is 15.2. The molecule has 2 aliphatic heterocycles. The molecule has 0 radical (unpaired) electrons. The molecular weight excluding hydrogens is 428 g/mol. The Kier molecular flexibility index (Phi) is 7.87. The lowest BCUT2D eigenvalue weighted by Crippen LogP contribution is -2.67. The van der Waals surface area contributed by atoms with Gasteiger partial charge in [0.15, 0.2) is 6.29 Å². The van der Waals surface area contributed by atoms with Crippen LogP contribution in [0.15, 0.2) is 30.3 Å². The zero-order chi connectivity index (χ0) is 23.6. The first-order valence-corrected chi connectivity index (χ1v) is 10.0. The van der Waals surface area contributed by atoms with Gasteiger partial charge in [-0.25, -0.2) is 0 Å². The highest BCUT2D eigenvalue weighted by molar-refractivity contribution is 5.31. The van der Waals surface area contributed by atoms with Crippen LogP contribution >= 0.6 is 0 Å². The van der Waals surface area contributed by atoms with Crippen molar-refractivity contribution in [1.29, 1.82) is 0 Å². The van der Waals surface area contributed by atoms with E-state index in [1.165, 1.54) is 0 Å². The predicted octanol–water partition coefficient (Wildman–Crippen LogP) is -3.61. The van der Waals surface area contributed by atoms with Crippen LogP contribution in [0.1, 0.15) is 11.5 Å². The second-order valence-electron chi connectivity index (χ2n) is 7.88. The minimum absolute atomic E-state index is 0.411. The standard InChI is InChI=1S/C21H28O11/c1-2-11(10-6-4-3-5-7-10)21(29)19(28)17(26)15(24)13(32-21)9-30-20-18(27)16(25)14(23)12(8-22)31-20/h1,3-7,11-20,22-29H,8-9H2/t11?,12-,13-,14-,15-,16+,17+,18-,19-,20-,21-/m1/s1. The predicted molar refractivity (Wildman–Crippen MR) is 106 cm³/mol. The number of terminal acetylenes is 1. The zero-order valence-electron chi connectivity index (χ0n) is 17.0. The molecule has 178 valence electrons. The second kappa shape index (κ2) is 10.1. The number of rotatable bonds is 6. The highest BCUT2D eigenvalue weighted by atomic mass is 16.7. The molecule has 11 heteroatoms. The molecule has 0 amide bonds. The quantitative estimate of drug-likeness (QED) is 0.197. The van der Waals surface area contributed by atoms with Crippen LogP contribution in [0.5, 0.6) is 0 Å². The van der Waals surface area contributed by atoms with E-state index >= 15 is 0 Å². The van der Waals surface area contributed by atoms with Gasteiger partial charge in [0.25, 0.3) is 0 Å². The zero-order valence-corrected chi connectivity index (χ0v) is 17.0. The maximum absolute atomic E-state index is 11.1. The summed E-state index contributed by atoms with van der Waals surface area (Å²) >= 11 is 0. The maximum Gasteiger partial charge on any atom is 0.213 e. The van der Waals surface area contributed by atoms with E-state index in [1.807, 2.05) is 0 Å². The highest BCUT2D eigenvalue weighted by Gasteiger charge is 2.57. The molecule has 0 bridgehead atoms. The van der Waals surface area contributed by atoms with Crippen molar-refractivity contribution >= 4 is 0 Å². The molecule has 3 rings (SSSR count). The first-order valence-electron chi connectivity index (χ1n) is 10.0. The summed E-state index contributed by atoms with van der Waals surface area (Å²) in [7, 11) is 0. The largest absolute Gasteiger partial charge is 0.394 e. The van der Waals surface area contributed by atoms with Crippen LogP contribution in [0.25, 0.3) is 0 Å². The summed E-state index contributed by atoms with van der Waals surface area (Å²) in [6.45, 7) is -1.25. The van der Waals surface area contributed by atoms with Crippen molar-refractivity contribution in [1.82, 2.24) is 0 Å². The van der Waals surface area contributed by atoms with Crippen molar-refractivity contribution in [2.75, 3.05) is 13.2 Å². The lowest BCUT2D eigenvalue weighted by Gasteiger charge is -2.48. The third-order valence-corrected chi connectivity index (χ3v) is 5.80. The van der Waals surface area contributed by atoms with E-state index in [2.05, 4.69) is 5.92 Å². The van der Waals surface area contributed by atoms with Crippen LogP contribution in [0, 0.1) is 12.3 Å². The van der Waals surface area contributed by atoms with Gasteiger partial charge in [-0.3, -0.25) is 0 Å². The number of benzene rings is 1. The molecule has 11 atom stereocenters. The Balaban J connectivity index is 1.78. The van der Waals surface area contributed by atoms with Crippen molar-refractivity contribution in [3.8, 4) is 12.3 Å². The minimum Gasteiger partial charge on any atom is -0.394 e. The van der Waals surface area contributed by atoms with E-state index in [4.69, 9.17) is 20.6 Å². The van der Waals surface area contributed by atoms with Crippen molar-refractivity contribution in [3.05, 3.63) is 35.9 Å². The highest BCUT2D eigenvalue weighted by Crippen LogP contribution is 2.39. The molecule has 1 unspecified atom stereocenters. The van der Waals surface area contributed by atoms with Gasteiger partial charge in [-0.05, 0) is 5.56 Å². The molecule has 2 heterocycles. The average molecular weight is 456 g/mol. The van der Waals surface area contributed by atoms with E-state index in [1.54, 1.807) is 30.3 Å². The monoisotopic (exact) mass is 456 g/mol. The lowest BCUT2D eigenvalue weighted by molar-refractivity contribution is -0.364. The van der Waals surface area contributed by atoms with Gasteiger partial charge in [0.2, 0.25) is 5.79 Å². The summed E-state index contributed by atoms with van der Waals surface area (Å²) in [6.07, 6.45) is -9.14. The fourth-order valence-electron chi connectivity index (χ4n) is 3.90. The molecule has 32 heavy (non-hydrogen) atoms. The molecule has 1 aromatic rings. The Bertz CT molecular complexity index is 784. The number of hydrogen-bond acceptors (Lipinski definition) is 11.